The molecular weight excluding hydrogens is 298 g/mol. The third-order valence-corrected chi connectivity index (χ3v) is 5.39. The van der Waals surface area contributed by atoms with Crippen LogP contribution in [0.2, 0.25) is 25.7 Å². The van der Waals surface area contributed by atoms with Gasteiger partial charge in [-0.3, -0.25) is 4.79 Å². The summed E-state index contributed by atoms with van der Waals surface area (Å²) in [6.07, 6.45) is 3.47. The molecule has 0 fully saturated rings. The molecule has 0 radical (unpaired) electrons. The molecule has 2 rings (SSSR count). The van der Waals surface area contributed by atoms with Crippen LogP contribution in [-0.2, 0) is 11.5 Å². The van der Waals surface area contributed by atoms with E-state index in [1.54, 1.807) is 12.3 Å². The maximum atomic E-state index is 12.4. The van der Waals surface area contributed by atoms with Crippen molar-refractivity contribution in [3.8, 4) is 0 Å². The van der Waals surface area contributed by atoms with Gasteiger partial charge < -0.3 is 14.4 Å². The number of nitrogens with zero attached hydrogens (tertiary/aromatic N) is 3. The van der Waals surface area contributed by atoms with Crippen LogP contribution in [0.4, 0.5) is 0 Å². The van der Waals surface area contributed by atoms with Gasteiger partial charge in [-0.25, -0.2) is 4.68 Å². The van der Waals surface area contributed by atoms with Crippen molar-refractivity contribution in [2.24, 2.45) is 0 Å². The maximum absolute atomic E-state index is 12.4. The average molecular weight is 323 g/mol. The van der Waals surface area contributed by atoms with Gasteiger partial charge in [0.25, 0.3) is 5.56 Å². The molecule has 0 aromatic carbocycles. The van der Waals surface area contributed by atoms with Crippen molar-refractivity contribution in [3.05, 3.63) is 28.8 Å². The molecule has 0 saturated heterocycles. The first-order valence-corrected chi connectivity index (χ1v) is 11.3. The smallest absolute Gasteiger partial charge is 0.278 e. The average Bonchev–Trinajstić information content (AvgIpc) is 2.88. The predicted octanol–water partition coefficient (Wildman–Crippen LogP) is 2.06. The van der Waals surface area contributed by atoms with Gasteiger partial charge in [0.2, 0.25) is 0 Å². The molecule has 1 N–H and O–H groups in total. The minimum absolute atomic E-state index is 0.0205. The highest BCUT2D eigenvalue weighted by Crippen LogP contribution is 2.16. The van der Waals surface area contributed by atoms with Crippen LogP contribution < -0.4 is 5.56 Å². The molecule has 0 amide bonds. The van der Waals surface area contributed by atoms with Crippen molar-refractivity contribution in [2.45, 2.75) is 45.4 Å². The summed E-state index contributed by atoms with van der Waals surface area (Å²) in [4.78, 5) is 12.4. The molecule has 0 aliphatic rings. The zero-order valence-corrected chi connectivity index (χ0v) is 14.7. The predicted molar refractivity (Wildman–Crippen MR) is 89.9 cm³/mol. The lowest BCUT2D eigenvalue weighted by Crippen LogP contribution is -2.26. The Balaban J connectivity index is 2.13. The van der Waals surface area contributed by atoms with E-state index in [4.69, 9.17) is 4.74 Å². The first-order chi connectivity index (χ1) is 10.3. The third kappa shape index (κ3) is 3.85. The van der Waals surface area contributed by atoms with Crippen LogP contribution in [0.3, 0.4) is 0 Å². The Hall–Kier alpha value is -1.44. The van der Waals surface area contributed by atoms with Crippen molar-refractivity contribution in [3.63, 3.8) is 0 Å². The lowest BCUT2D eigenvalue weighted by Gasteiger charge is -2.15. The summed E-state index contributed by atoms with van der Waals surface area (Å²) in [6, 6.07) is 2.75. The van der Waals surface area contributed by atoms with Gasteiger partial charge in [-0.1, -0.05) is 19.6 Å². The molecule has 0 aliphatic carbocycles. The van der Waals surface area contributed by atoms with Crippen LogP contribution >= 0.6 is 0 Å². The number of ether oxygens (including phenoxy) is 1. The molecule has 22 heavy (non-hydrogen) atoms. The molecule has 2 aromatic rings. The van der Waals surface area contributed by atoms with Crippen LogP contribution in [0.1, 0.15) is 13.0 Å². The normalized spacial score (nSPS) is 13.7. The van der Waals surface area contributed by atoms with Crippen LogP contribution in [0, 0.1) is 0 Å². The van der Waals surface area contributed by atoms with Gasteiger partial charge in [-0.05, 0) is 19.0 Å². The zero-order valence-electron chi connectivity index (χ0n) is 13.7. The van der Waals surface area contributed by atoms with Crippen molar-refractivity contribution in [2.75, 3.05) is 13.2 Å². The first kappa shape index (κ1) is 16.9. The van der Waals surface area contributed by atoms with E-state index in [1.165, 1.54) is 4.68 Å². The summed E-state index contributed by atoms with van der Waals surface area (Å²) >= 11 is 0. The largest absolute Gasteiger partial charge is 0.394 e. The summed E-state index contributed by atoms with van der Waals surface area (Å²) in [5.41, 5.74) is 0.583. The second kappa shape index (κ2) is 6.76. The fraction of sp³-hybridized carbons (Fsp3) is 0.600. The molecule has 0 bridgehead atoms. The highest BCUT2D eigenvalue weighted by Gasteiger charge is 2.14. The second-order valence-corrected chi connectivity index (χ2v) is 12.5. The van der Waals surface area contributed by atoms with E-state index in [0.29, 0.717) is 12.0 Å². The molecule has 0 saturated carbocycles. The van der Waals surface area contributed by atoms with Gasteiger partial charge in [0, 0.05) is 20.9 Å². The summed E-state index contributed by atoms with van der Waals surface area (Å²) in [6.45, 7) is 9.62. The van der Waals surface area contributed by atoms with E-state index < -0.39 is 8.07 Å². The van der Waals surface area contributed by atoms with Gasteiger partial charge in [-0.15, -0.1) is 0 Å². The molecule has 1 atom stereocenters. The monoisotopic (exact) mass is 323 g/mol. The van der Waals surface area contributed by atoms with Crippen molar-refractivity contribution < 1.29 is 9.84 Å². The van der Waals surface area contributed by atoms with Gasteiger partial charge >= 0.3 is 0 Å². The standard InChI is InChI=1S/C15H25N3O3Si/c1-12(10-19)17-6-5-13-14(17)9-16-18(15(13)20)11-21-7-8-22(2,3)4/h5-6,9,12,19H,7-8,10-11H2,1-4H3. The Morgan fingerprint density at radius 2 is 2.14 bits per heavy atom. The van der Waals surface area contributed by atoms with Crippen LogP contribution in [0.15, 0.2) is 23.3 Å². The van der Waals surface area contributed by atoms with E-state index in [0.717, 1.165) is 11.6 Å². The van der Waals surface area contributed by atoms with Crippen LogP contribution in [0.25, 0.3) is 10.9 Å². The van der Waals surface area contributed by atoms with Crippen molar-refractivity contribution >= 4 is 19.0 Å². The Labute approximate surface area is 131 Å². The van der Waals surface area contributed by atoms with Gasteiger partial charge in [0.05, 0.1) is 29.7 Å². The van der Waals surface area contributed by atoms with Crippen molar-refractivity contribution in [1.29, 1.82) is 0 Å². The Bertz CT molecular complexity index is 687. The number of rotatable bonds is 7. The Morgan fingerprint density at radius 1 is 1.41 bits per heavy atom. The number of hydrogen-bond acceptors (Lipinski definition) is 4. The topological polar surface area (TPSA) is 69.3 Å². The number of fused-ring (bicyclic) bond motifs is 1. The number of aliphatic hydroxyl groups excluding tert-OH is 1. The second-order valence-electron chi connectivity index (χ2n) is 6.85. The Kier molecular flexibility index (Phi) is 5.20. The van der Waals surface area contributed by atoms with Gasteiger partial charge in [0.15, 0.2) is 0 Å². The van der Waals surface area contributed by atoms with Gasteiger partial charge in [0.1, 0.15) is 6.73 Å². The minimum atomic E-state index is -1.13. The summed E-state index contributed by atoms with van der Waals surface area (Å²) in [5, 5.41) is 14.0. The lowest BCUT2D eigenvalue weighted by atomic mass is 10.3. The third-order valence-electron chi connectivity index (χ3n) is 3.69. The summed E-state index contributed by atoms with van der Waals surface area (Å²) < 4.78 is 8.80. The molecule has 0 spiro atoms. The Morgan fingerprint density at radius 3 is 2.77 bits per heavy atom. The van der Waals surface area contributed by atoms with Crippen LogP contribution in [0.5, 0.6) is 0 Å². The number of aromatic nitrogens is 3. The van der Waals surface area contributed by atoms with Crippen LogP contribution in [-0.4, -0.2) is 40.7 Å². The van der Waals surface area contributed by atoms with E-state index in [2.05, 4.69) is 24.7 Å². The first-order valence-electron chi connectivity index (χ1n) is 7.59. The SMILES string of the molecule is CC(CO)n1ccc2c(=O)n(COCC[Si](C)(C)C)ncc21. The van der Waals surface area contributed by atoms with E-state index in [1.807, 2.05) is 17.7 Å². The lowest BCUT2D eigenvalue weighted by molar-refractivity contribution is 0.0754. The van der Waals surface area contributed by atoms with E-state index >= 15 is 0 Å². The molecule has 1 unspecified atom stereocenters. The fourth-order valence-electron chi connectivity index (χ4n) is 2.19. The molecule has 6 nitrogen and oxygen atoms in total. The number of aliphatic hydroxyl groups is 1. The molecule has 0 aliphatic heterocycles. The zero-order chi connectivity index (χ0) is 16.3. The van der Waals surface area contributed by atoms with Crippen molar-refractivity contribution in [1.82, 2.24) is 14.3 Å². The molecule has 2 heterocycles. The van der Waals surface area contributed by atoms with Gasteiger partial charge in [-0.2, -0.15) is 5.10 Å². The quantitative estimate of drug-likeness (QED) is 0.625. The maximum Gasteiger partial charge on any atom is 0.278 e. The van der Waals surface area contributed by atoms with E-state index in [-0.39, 0.29) is 24.9 Å². The molecular formula is C15H25N3O3Si. The van der Waals surface area contributed by atoms with E-state index in [9.17, 15) is 9.90 Å². The highest BCUT2D eigenvalue weighted by molar-refractivity contribution is 6.76. The molecule has 2 aromatic heterocycles. The highest BCUT2D eigenvalue weighted by atomic mass is 28.3. The number of hydrogen-bond donors (Lipinski definition) is 1. The fourth-order valence-corrected chi connectivity index (χ4v) is 2.94. The summed E-state index contributed by atoms with van der Waals surface area (Å²) in [7, 11) is -1.13. The minimum Gasteiger partial charge on any atom is -0.394 e. The molecule has 7 heteroatoms. The summed E-state index contributed by atoms with van der Waals surface area (Å²) in [5.74, 6) is 0. The molecule has 122 valence electrons.